The van der Waals surface area contributed by atoms with E-state index in [1.54, 1.807) is 11.4 Å². The lowest BCUT2D eigenvalue weighted by atomic mass is 10.2. The maximum Gasteiger partial charge on any atom is 0.407 e. The number of alkyl carbamates (subject to hydrolysis) is 1. The Morgan fingerprint density at radius 1 is 1.73 bits per heavy atom. The SMILES string of the molecule is COC(=O)c1csc(C2CNC(=O)O2)c1. The van der Waals surface area contributed by atoms with Crippen molar-refractivity contribution >= 4 is 23.4 Å². The highest BCUT2D eigenvalue weighted by atomic mass is 32.1. The minimum atomic E-state index is -0.423. The summed E-state index contributed by atoms with van der Waals surface area (Å²) in [5.74, 6) is -0.380. The van der Waals surface area contributed by atoms with Crippen molar-refractivity contribution in [3.05, 3.63) is 21.9 Å². The molecule has 1 aliphatic heterocycles. The van der Waals surface area contributed by atoms with Crippen LogP contribution in [0.4, 0.5) is 4.79 Å². The molecule has 1 aromatic rings. The molecular weight excluding hydrogens is 218 g/mol. The van der Waals surface area contributed by atoms with Crippen LogP contribution >= 0.6 is 11.3 Å². The van der Waals surface area contributed by atoms with Crippen LogP contribution in [0.25, 0.3) is 0 Å². The van der Waals surface area contributed by atoms with E-state index in [-0.39, 0.29) is 12.1 Å². The van der Waals surface area contributed by atoms with E-state index in [1.807, 2.05) is 0 Å². The van der Waals surface area contributed by atoms with Gasteiger partial charge in [-0.3, -0.25) is 0 Å². The van der Waals surface area contributed by atoms with Gasteiger partial charge < -0.3 is 14.8 Å². The molecule has 1 N–H and O–H groups in total. The van der Waals surface area contributed by atoms with Gasteiger partial charge in [0.25, 0.3) is 0 Å². The Hall–Kier alpha value is -1.56. The zero-order valence-electron chi connectivity index (χ0n) is 7.98. The van der Waals surface area contributed by atoms with E-state index in [0.29, 0.717) is 12.1 Å². The number of hydrogen-bond donors (Lipinski definition) is 1. The number of methoxy groups -OCH3 is 1. The molecule has 5 nitrogen and oxygen atoms in total. The summed E-state index contributed by atoms with van der Waals surface area (Å²) in [7, 11) is 1.33. The van der Waals surface area contributed by atoms with Gasteiger partial charge in [0.2, 0.25) is 0 Å². The second kappa shape index (κ2) is 3.90. The smallest absolute Gasteiger partial charge is 0.407 e. The lowest BCUT2D eigenvalue weighted by Gasteiger charge is -2.02. The Bertz CT molecular complexity index is 401. The summed E-state index contributed by atoms with van der Waals surface area (Å²) in [5.41, 5.74) is 0.487. The molecule has 1 aromatic heterocycles. The second-order valence-corrected chi connectivity index (χ2v) is 3.95. The minimum Gasteiger partial charge on any atom is -0.465 e. The first kappa shape index (κ1) is 9.97. The van der Waals surface area contributed by atoms with Crippen molar-refractivity contribution in [2.75, 3.05) is 13.7 Å². The third-order valence-electron chi connectivity index (χ3n) is 2.04. The van der Waals surface area contributed by atoms with Crippen molar-refractivity contribution < 1.29 is 19.1 Å². The number of esters is 1. The van der Waals surface area contributed by atoms with Gasteiger partial charge in [-0.25, -0.2) is 9.59 Å². The molecular formula is C9H9NO4S. The number of hydrogen-bond acceptors (Lipinski definition) is 5. The van der Waals surface area contributed by atoms with Gasteiger partial charge in [-0.1, -0.05) is 0 Å². The molecule has 0 aromatic carbocycles. The third-order valence-corrected chi connectivity index (χ3v) is 3.06. The maximum atomic E-state index is 11.2. The summed E-state index contributed by atoms with van der Waals surface area (Å²) in [5, 5.41) is 4.24. The molecule has 1 atom stereocenters. The van der Waals surface area contributed by atoms with E-state index in [9.17, 15) is 9.59 Å². The molecule has 1 amide bonds. The monoisotopic (exact) mass is 227 g/mol. The molecule has 0 radical (unpaired) electrons. The van der Waals surface area contributed by atoms with Gasteiger partial charge in [0, 0.05) is 10.3 Å². The zero-order chi connectivity index (χ0) is 10.8. The normalized spacial score (nSPS) is 19.5. The van der Waals surface area contributed by atoms with Crippen molar-refractivity contribution in [1.82, 2.24) is 5.32 Å². The van der Waals surface area contributed by atoms with Gasteiger partial charge in [-0.15, -0.1) is 11.3 Å². The van der Waals surface area contributed by atoms with E-state index in [0.717, 1.165) is 4.88 Å². The first-order valence-corrected chi connectivity index (χ1v) is 5.20. The van der Waals surface area contributed by atoms with Crippen LogP contribution in [0.5, 0.6) is 0 Å². The summed E-state index contributed by atoms with van der Waals surface area (Å²) >= 11 is 1.37. The van der Waals surface area contributed by atoms with Gasteiger partial charge in [0.1, 0.15) is 0 Å². The molecule has 1 fully saturated rings. The first-order chi connectivity index (χ1) is 7.20. The van der Waals surface area contributed by atoms with Crippen molar-refractivity contribution in [2.24, 2.45) is 0 Å². The summed E-state index contributed by atoms with van der Waals surface area (Å²) in [6.45, 7) is 0.444. The van der Waals surface area contributed by atoms with Gasteiger partial charge >= 0.3 is 12.1 Å². The largest absolute Gasteiger partial charge is 0.465 e. The molecule has 0 saturated carbocycles. The predicted octanol–water partition coefficient (Wildman–Crippen LogP) is 1.32. The molecule has 2 rings (SSSR count). The van der Waals surface area contributed by atoms with Gasteiger partial charge in [-0.05, 0) is 6.07 Å². The number of amides is 1. The van der Waals surface area contributed by atoms with Crippen LogP contribution in [0.1, 0.15) is 21.3 Å². The molecule has 1 saturated heterocycles. The van der Waals surface area contributed by atoms with Crippen molar-refractivity contribution in [3.63, 3.8) is 0 Å². The molecule has 6 heteroatoms. The lowest BCUT2D eigenvalue weighted by Crippen LogP contribution is -2.12. The lowest BCUT2D eigenvalue weighted by molar-refractivity contribution is 0.0601. The van der Waals surface area contributed by atoms with Crippen LogP contribution in [-0.4, -0.2) is 25.7 Å². The van der Waals surface area contributed by atoms with E-state index < -0.39 is 6.09 Å². The highest BCUT2D eigenvalue weighted by Crippen LogP contribution is 2.27. The van der Waals surface area contributed by atoms with Gasteiger partial charge in [0.15, 0.2) is 6.10 Å². The summed E-state index contributed by atoms with van der Waals surface area (Å²) in [6, 6.07) is 1.68. The molecule has 0 bridgehead atoms. The van der Waals surface area contributed by atoms with Crippen LogP contribution in [0.2, 0.25) is 0 Å². The van der Waals surface area contributed by atoms with Crippen molar-refractivity contribution in [2.45, 2.75) is 6.10 Å². The first-order valence-electron chi connectivity index (χ1n) is 4.32. The average Bonchev–Trinajstić information content (AvgIpc) is 2.84. The molecule has 2 heterocycles. The molecule has 1 aliphatic rings. The van der Waals surface area contributed by atoms with Crippen LogP contribution in [-0.2, 0) is 9.47 Å². The quantitative estimate of drug-likeness (QED) is 0.774. The Morgan fingerprint density at radius 2 is 2.53 bits per heavy atom. The van der Waals surface area contributed by atoms with Crippen LogP contribution in [0.3, 0.4) is 0 Å². The highest BCUT2D eigenvalue weighted by molar-refractivity contribution is 7.10. The number of rotatable bonds is 2. The van der Waals surface area contributed by atoms with Crippen LogP contribution in [0.15, 0.2) is 11.4 Å². The number of ether oxygens (including phenoxy) is 2. The topological polar surface area (TPSA) is 64.6 Å². The standard InChI is InChI=1S/C9H9NO4S/c1-13-8(11)5-2-7(15-4-5)6-3-10-9(12)14-6/h2,4,6H,3H2,1H3,(H,10,12). The minimum absolute atomic E-state index is 0.291. The van der Waals surface area contributed by atoms with Crippen LogP contribution in [0, 0.1) is 0 Å². The maximum absolute atomic E-state index is 11.2. The zero-order valence-corrected chi connectivity index (χ0v) is 8.80. The fourth-order valence-corrected chi connectivity index (χ4v) is 2.20. The number of carbonyl (C=O) groups is 2. The molecule has 80 valence electrons. The Kier molecular flexibility index (Phi) is 2.59. The van der Waals surface area contributed by atoms with Gasteiger partial charge in [0.05, 0.1) is 19.2 Å². The fraction of sp³-hybridized carbons (Fsp3) is 0.333. The van der Waals surface area contributed by atoms with E-state index in [4.69, 9.17) is 4.74 Å². The number of cyclic esters (lactones) is 1. The number of thiophene rings is 1. The average molecular weight is 227 g/mol. The van der Waals surface area contributed by atoms with Crippen molar-refractivity contribution in [3.8, 4) is 0 Å². The molecule has 1 unspecified atom stereocenters. The predicted molar refractivity (Wildman–Crippen MR) is 52.9 cm³/mol. The highest BCUT2D eigenvalue weighted by Gasteiger charge is 2.26. The Labute approximate surface area is 90.0 Å². The summed E-state index contributed by atoms with van der Waals surface area (Å²) in [6.07, 6.45) is -0.714. The molecule has 0 aliphatic carbocycles. The van der Waals surface area contributed by atoms with E-state index >= 15 is 0 Å². The fourth-order valence-electron chi connectivity index (χ4n) is 1.29. The van der Waals surface area contributed by atoms with E-state index in [2.05, 4.69) is 10.1 Å². The van der Waals surface area contributed by atoms with Crippen LogP contribution < -0.4 is 5.32 Å². The third kappa shape index (κ3) is 1.94. The molecule has 0 spiro atoms. The Balaban J connectivity index is 2.13. The molecule has 15 heavy (non-hydrogen) atoms. The second-order valence-electron chi connectivity index (χ2n) is 3.00. The van der Waals surface area contributed by atoms with E-state index in [1.165, 1.54) is 18.4 Å². The van der Waals surface area contributed by atoms with Gasteiger partial charge in [-0.2, -0.15) is 0 Å². The summed E-state index contributed by atoms with van der Waals surface area (Å²) < 4.78 is 9.56. The Morgan fingerprint density at radius 3 is 3.13 bits per heavy atom. The van der Waals surface area contributed by atoms with Crippen molar-refractivity contribution in [1.29, 1.82) is 0 Å². The number of nitrogens with one attached hydrogen (secondary N) is 1. The number of carbonyl (C=O) groups excluding carboxylic acids is 2. The summed E-state index contributed by atoms with van der Waals surface area (Å²) in [4.78, 5) is 22.8.